The number of nitrogens with zero attached hydrogens (tertiary/aromatic N) is 1. The molecule has 0 heterocycles. The normalized spacial score (nSPS) is 12.0. The molecule has 0 amide bonds. The van der Waals surface area contributed by atoms with Crippen molar-refractivity contribution in [1.82, 2.24) is 0 Å². The van der Waals surface area contributed by atoms with Crippen LogP contribution in [0.15, 0.2) is 45.3 Å². The van der Waals surface area contributed by atoms with Crippen LogP contribution in [0.3, 0.4) is 0 Å². The van der Waals surface area contributed by atoms with E-state index in [1.165, 1.54) is 6.07 Å². The van der Waals surface area contributed by atoms with Gasteiger partial charge in [-0.05, 0) is 37.6 Å². The van der Waals surface area contributed by atoms with E-state index in [1.54, 1.807) is 13.0 Å². The Bertz CT molecular complexity index is 689. The fourth-order valence-corrected chi connectivity index (χ4v) is 3.53. The van der Waals surface area contributed by atoms with Crippen LogP contribution in [0, 0.1) is 17.0 Å². The van der Waals surface area contributed by atoms with E-state index in [9.17, 15) is 10.1 Å². The molecule has 0 aliphatic carbocycles. The van der Waals surface area contributed by atoms with Crippen molar-refractivity contribution in [3.8, 4) is 0 Å². The van der Waals surface area contributed by atoms with E-state index in [-0.39, 0.29) is 16.7 Å². The monoisotopic (exact) mass is 412 g/mol. The van der Waals surface area contributed by atoms with Crippen LogP contribution < -0.4 is 5.32 Å². The summed E-state index contributed by atoms with van der Waals surface area (Å²) in [6, 6.07) is 11.0. The highest BCUT2D eigenvalue weighted by Crippen LogP contribution is 2.31. The van der Waals surface area contributed by atoms with Gasteiger partial charge in [0.2, 0.25) is 0 Å². The summed E-state index contributed by atoms with van der Waals surface area (Å²) in [5, 5.41) is 14.3. The Labute approximate surface area is 140 Å². The molecule has 0 saturated heterocycles. The number of anilines is 1. The van der Waals surface area contributed by atoms with Crippen LogP contribution in [0.5, 0.6) is 0 Å². The molecule has 2 rings (SSSR count). The van der Waals surface area contributed by atoms with Crippen LogP contribution in [0.25, 0.3) is 0 Å². The zero-order chi connectivity index (χ0) is 15.6. The molecule has 2 aromatic carbocycles. The molecule has 0 fully saturated rings. The lowest BCUT2D eigenvalue weighted by atomic mass is 10.1. The van der Waals surface area contributed by atoms with Gasteiger partial charge in [0.15, 0.2) is 0 Å². The molecule has 1 atom stereocenters. The SMILES string of the molecule is Cc1c(NC(C)c2ccc(Br)cc2Br)cccc1[N+](=O)[O-]. The molecule has 0 aliphatic heterocycles. The summed E-state index contributed by atoms with van der Waals surface area (Å²) < 4.78 is 1.98. The Morgan fingerprint density at radius 2 is 1.95 bits per heavy atom. The zero-order valence-electron chi connectivity index (χ0n) is 11.6. The first kappa shape index (κ1) is 16.0. The summed E-state index contributed by atoms with van der Waals surface area (Å²) in [4.78, 5) is 10.6. The van der Waals surface area contributed by atoms with E-state index in [4.69, 9.17) is 0 Å². The van der Waals surface area contributed by atoms with Gasteiger partial charge in [0.05, 0.1) is 4.92 Å². The van der Waals surface area contributed by atoms with Gasteiger partial charge in [0, 0.05) is 32.3 Å². The van der Waals surface area contributed by atoms with Crippen molar-refractivity contribution in [3.05, 3.63) is 66.6 Å². The molecule has 0 bridgehead atoms. The van der Waals surface area contributed by atoms with Gasteiger partial charge < -0.3 is 5.32 Å². The highest BCUT2D eigenvalue weighted by molar-refractivity contribution is 9.11. The average Bonchev–Trinajstić information content (AvgIpc) is 2.40. The minimum absolute atomic E-state index is 0.0215. The van der Waals surface area contributed by atoms with E-state index in [1.807, 2.05) is 31.2 Å². The van der Waals surface area contributed by atoms with Gasteiger partial charge in [0.1, 0.15) is 0 Å². The molecule has 1 N–H and O–H groups in total. The molecule has 110 valence electrons. The van der Waals surface area contributed by atoms with Gasteiger partial charge in [-0.15, -0.1) is 0 Å². The minimum atomic E-state index is -0.360. The zero-order valence-corrected chi connectivity index (χ0v) is 14.7. The predicted molar refractivity (Wildman–Crippen MR) is 91.7 cm³/mol. The lowest BCUT2D eigenvalue weighted by Crippen LogP contribution is -2.09. The number of hydrogen-bond acceptors (Lipinski definition) is 3. The highest BCUT2D eigenvalue weighted by atomic mass is 79.9. The van der Waals surface area contributed by atoms with Crippen molar-refractivity contribution < 1.29 is 4.92 Å². The van der Waals surface area contributed by atoms with Crippen molar-refractivity contribution in [2.45, 2.75) is 19.9 Å². The molecule has 2 aromatic rings. The number of nitro benzene ring substituents is 1. The quantitative estimate of drug-likeness (QED) is 0.524. The molecular formula is C15H14Br2N2O2. The van der Waals surface area contributed by atoms with Gasteiger partial charge in [0.25, 0.3) is 5.69 Å². The van der Waals surface area contributed by atoms with Crippen LogP contribution >= 0.6 is 31.9 Å². The first-order valence-electron chi connectivity index (χ1n) is 6.35. The minimum Gasteiger partial charge on any atom is -0.378 e. The smallest absolute Gasteiger partial charge is 0.274 e. The maximum Gasteiger partial charge on any atom is 0.274 e. The number of rotatable bonds is 4. The van der Waals surface area contributed by atoms with Crippen molar-refractivity contribution in [3.63, 3.8) is 0 Å². The van der Waals surface area contributed by atoms with Gasteiger partial charge in [-0.25, -0.2) is 0 Å². The van der Waals surface area contributed by atoms with E-state index in [2.05, 4.69) is 37.2 Å². The molecule has 0 saturated carbocycles. The van der Waals surface area contributed by atoms with Crippen molar-refractivity contribution >= 4 is 43.2 Å². The number of benzene rings is 2. The summed E-state index contributed by atoms with van der Waals surface area (Å²) in [5.74, 6) is 0. The molecule has 0 aliphatic rings. The molecule has 4 nitrogen and oxygen atoms in total. The van der Waals surface area contributed by atoms with E-state index in [0.717, 1.165) is 20.2 Å². The van der Waals surface area contributed by atoms with Crippen molar-refractivity contribution in [2.24, 2.45) is 0 Å². The molecule has 0 aromatic heterocycles. The second kappa shape index (κ2) is 6.58. The maximum absolute atomic E-state index is 11.0. The molecule has 0 radical (unpaired) electrons. The van der Waals surface area contributed by atoms with Crippen LogP contribution in [0.4, 0.5) is 11.4 Å². The number of nitrogens with one attached hydrogen (secondary N) is 1. The number of hydrogen-bond donors (Lipinski definition) is 1. The molecular weight excluding hydrogens is 400 g/mol. The van der Waals surface area contributed by atoms with Gasteiger partial charge in [-0.2, -0.15) is 0 Å². The average molecular weight is 414 g/mol. The van der Waals surface area contributed by atoms with Gasteiger partial charge in [-0.1, -0.05) is 44.0 Å². The number of halogens is 2. The van der Waals surface area contributed by atoms with Crippen molar-refractivity contribution in [1.29, 1.82) is 0 Å². The summed E-state index contributed by atoms with van der Waals surface area (Å²) in [5.41, 5.74) is 2.63. The van der Waals surface area contributed by atoms with Crippen molar-refractivity contribution in [2.75, 3.05) is 5.32 Å². The molecule has 1 unspecified atom stereocenters. The van der Waals surface area contributed by atoms with E-state index >= 15 is 0 Å². The Balaban J connectivity index is 2.29. The summed E-state index contributed by atoms with van der Waals surface area (Å²) in [7, 11) is 0. The lowest BCUT2D eigenvalue weighted by Gasteiger charge is -2.18. The van der Waals surface area contributed by atoms with Gasteiger partial charge in [-0.3, -0.25) is 10.1 Å². The first-order valence-corrected chi connectivity index (χ1v) is 7.94. The fraction of sp³-hybridized carbons (Fsp3) is 0.200. The maximum atomic E-state index is 11.0. The Morgan fingerprint density at radius 1 is 1.24 bits per heavy atom. The summed E-state index contributed by atoms with van der Waals surface area (Å²) in [6.45, 7) is 3.77. The second-order valence-electron chi connectivity index (χ2n) is 4.74. The summed E-state index contributed by atoms with van der Waals surface area (Å²) >= 11 is 6.96. The molecule has 0 spiro atoms. The standard InChI is InChI=1S/C15H14Br2N2O2/c1-9-14(4-3-5-15(9)19(20)21)18-10(2)12-7-6-11(16)8-13(12)17/h3-8,10,18H,1-2H3. The van der Waals surface area contributed by atoms with Gasteiger partial charge >= 0.3 is 0 Å². The largest absolute Gasteiger partial charge is 0.378 e. The van der Waals surface area contributed by atoms with Crippen LogP contribution in [0.1, 0.15) is 24.1 Å². The van der Waals surface area contributed by atoms with E-state index in [0.29, 0.717) is 5.56 Å². The van der Waals surface area contributed by atoms with Crippen LogP contribution in [0.2, 0.25) is 0 Å². The Morgan fingerprint density at radius 3 is 2.57 bits per heavy atom. The Kier molecular flexibility index (Phi) is 5.00. The van der Waals surface area contributed by atoms with Crippen LogP contribution in [-0.2, 0) is 0 Å². The highest BCUT2D eigenvalue weighted by Gasteiger charge is 2.16. The van der Waals surface area contributed by atoms with E-state index < -0.39 is 0 Å². The Hall–Kier alpha value is -1.40. The first-order chi connectivity index (χ1) is 9.90. The topological polar surface area (TPSA) is 55.2 Å². The number of nitro groups is 1. The second-order valence-corrected chi connectivity index (χ2v) is 6.51. The third-order valence-corrected chi connectivity index (χ3v) is 4.48. The van der Waals surface area contributed by atoms with Crippen LogP contribution in [-0.4, -0.2) is 4.92 Å². The third kappa shape index (κ3) is 3.63. The molecule has 21 heavy (non-hydrogen) atoms. The third-order valence-electron chi connectivity index (χ3n) is 3.30. The predicted octanol–water partition coefficient (Wildman–Crippen LogP) is 5.60. The summed E-state index contributed by atoms with van der Waals surface area (Å²) in [6.07, 6.45) is 0. The molecule has 6 heteroatoms. The lowest BCUT2D eigenvalue weighted by molar-refractivity contribution is -0.385. The fourth-order valence-electron chi connectivity index (χ4n) is 2.14.